The molecule has 0 spiro atoms. The van der Waals surface area contributed by atoms with Crippen molar-refractivity contribution in [3.05, 3.63) is 283 Å². The van der Waals surface area contributed by atoms with Gasteiger partial charge in [0.2, 0.25) is 0 Å². The Labute approximate surface area is 390 Å². The molecular formula is C65H43NO. The fourth-order valence-corrected chi connectivity index (χ4v) is 10.9. The third-order valence-corrected chi connectivity index (χ3v) is 14.0. The van der Waals surface area contributed by atoms with Crippen LogP contribution in [0.3, 0.4) is 0 Å². The molecule has 13 rings (SSSR count). The molecule has 0 atom stereocenters. The third kappa shape index (κ3) is 6.26. The molecule has 0 fully saturated rings. The van der Waals surface area contributed by atoms with Gasteiger partial charge in [-0.2, -0.15) is 0 Å². The molecule has 0 radical (unpaired) electrons. The van der Waals surface area contributed by atoms with E-state index in [0.29, 0.717) is 0 Å². The van der Waals surface area contributed by atoms with Gasteiger partial charge in [-0.1, -0.05) is 200 Å². The van der Waals surface area contributed by atoms with E-state index in [4.69, 9.17) is 4.42 Å². The molecule has 1 aliphatic rings. The van der Waals surface area contributed by atoms with Crippen molar-refractivity contribution in [2.45, 2.75) is 5.41 Å². The number of hydrogen-bond acceptors (Lipinski definition) is 2. The van der Waals surface area contributed by atoms with Crippen LogP contribution in [0.15, 0.2) is 265 Å². The first-order valence-corrected chi connectivity index (χ1v) is 23.1. The lowest BCUT2D eigenvalue weighted by molar-refractivity contribution is 0.669. The van der Waals surface area contributed by atoms with Crippen molar-refractivity contribution in [3.8, 4) is 44.5 Å². The van der Waals surface area contributed by atoms with E-state index in [-0.39, 0.29) is 0 Å². The molecule has 67 heavy (non-hydrogen) atoms. The van der Waals surface area contributed by atoms with E-state index in [9.17, 15) is 0 Å². The molecule has 0 amide bonds. The largest absolute Gasteiger partial charge is 0.456 e. The Kier molecular flexibility index (Phi) is 9.11. The van der Waals surface area contributed by atoms with Crippen LogP contribution in [-0.2, 0) is 5.41 Å². The molecule has 0 aliphatic heterocycles. The van der Waals surface area contributed by atoms with E-state index < -0.39 is 5.41 Å². The van der Waals surface area contributed by atoms with E-state index in [0.717, 1.165) is 50.1 Å². The summed E-state index contributed by atoms with van der Waals surface area (Å²) in [5.74, 6) is 0. The lowest BCUT2D eigenvalue weighted by Crippen LogP contribution is -2.28. The molecule has 0 N–H and O–H groups in total. The number of benzene rings is 11. The van der Waals surface area contributed by atoms with Gasteiger partial charge in [-0.25, -0.2) is 0 Å². The van der Waals surface area contributed by atoms with Crippen LogP contribution in [0.4, 0.5) is 17.1 Å². The molecule has 11 aromatic carbocycles. The van der Waals surface area contributed by atoms with Gasteiger partial charge in [0.1, 0.15) is 11.2 Å². The standard InChI is InChI=1S/C65H43NO/c1-5-17-44(18-6-1)46-33-38-60-57(41-46)58-43-48(34-39-61(58)65(60,49-19-7-2-8-20-49)50-21-9-3-10-22-50)53-26-15-28-55-54(53)27-16-29-62(55)66(51-23-11-4-12-24-51)52-36-31-45(32-37-52)47-35-40-64-59(42-47)56-25-13-14-30-63(56)67-64/h1-43H. The van der Waals surface area contributed by atoms with Gasteiger partial charge in [-0.05, 0) is 133 Å². The minimum absolute atomic E-state index is 0.487. The molecule has 0 saturated heterocycles. The first-order valence-electron chi connectivity index (χ1n) is 23.1. The summed E-state index contributed by atoms with van der Waals surface area (Å²) in [5, 5.41) is 4.65. The van der Waals surface area contributed by atoms with Gasteiger partial charge in [0.25, 0.3) is 0 Å². The number of furan rings is 1. The molecule has 0 bridgehead atoms. The van der Waals surface area contributed by atoms with Gasteiger partial charge in [0.05, 0.1) is 11.1 Å². The van der Waals surface area contributed by atoms with Gasteiger partial charge in [0.15, 0.2) is 0 Å². The lowest BCUT2D eigenvalue weighted by atomic mass is 9.67. The topological polar surface area (TPSA) is 16.4 Å². The number of hydrogen-bond donors (Lipinski definition) is 0. The van der Waals surface area contributed by atoms with Crippen molar-refractivity contribution in [2.24, 2.45) is 0 Å². The summed E-state index contributed by atoms with van der Waals surface area (Å²) < 4.78 is 6.15. The van der Waals surface area contributed by atoms with Crippen molar-refractivity contribution in [1.29, 1.82) is 0 Å². The van der Waals surface area contributed by atoms with E-state index >= 15 is 0 Å². The summed E-state index contributed by atoms with van der Waals surface area (Å²) in [5.41, 5.74) is 19.4. The Morgan fingerprint density at radius 2 is 0.776 bits per heavy atom. The maximum Gasteiger partial charge on any atom is 0.135 e. The van der Waals surface area contributed by atoms with Crippen molar-refractivity contribution < 1.29 is 4.42 Å². The fourth-order valence-electron chi connectivity index (χ4n) is 10.9. The predicted octanol–water partition coefficient (Wildman–Crippen LogP) is 17.6. The molecule has 314 valence electrons. The zero-order chi connectivity index (χ0) is 44.3. The first-order chi connectivity index (χ1) is 33.2. The summed E-state index contributed by atoms with van der Waals surface area (Å²) in [7, 11) is 0. The maximum absolute atomic E-state index is 6.15. The zero-order valence-corrected chi connectivity index (χ0v) is 36.7. The number of anilines is 3. The monoisotopic (exact) mass is 853 g/mol. The Hall–Kier alpha value is -8.72. The fraction of sp³-hybridized carbons (Fsp3) is 0.0154. The molecule has 1 heterocycles. The van der Waals surface area contributed by atoms with Crippen LogP contribution >= 0.6 is 0 Å². The van der Waals surface area contributed by atoms with Crippen molar-refractivity contribution in [2.75, 3.05) is 4.90 Å². The van der Waals surface area contributed by atoms with Crippen LogP contribution in [0.5, 0.6) is 0 Å². The summed E-state index contributed by atoms with van der Waals surface area (Å²) in [6, 6.07) is 95.2. The summed E-state index contributed by atoms with van der Waals surface area (Å²) >= 11 is 0. The maximum atomic E-state index is 6.15. The zero-order valence-electron chi connectivity index (χ0n) is 36.7. The second kappa shape index (κ2) is 15.8. The van der Waals surface area contributed by atoms with Crippen molar-refractivity contribution in [1.82, 2.24) is 0 Å². The highest BCUT2D eigenvalue weighted by Gasteiger charge is 2.46. The second-order valence-corrected chi connectivity index (χ2v) is 17.6. The number of rotatable bonds is 8. The molecular weight excluding hydrogens is 811 g/mol. The molecule has 0 saturated carbocycles. The van der Waals surface area contributed by atoms with E-state index in [1.54, 1.807) is 0 Å². The molecule has 0 unspecified atom stereocenters. The van der Waals surface area contributed by atoms with Crippen LogP contribution in [-0.4, -0.2) is 0 Å². The molecule has 1 aromatic heterocycles. The highest BCUT2D eigenvalue weighted by Crippen LogP contribution is 2.57. The molecule has 2 nitrogen and oxygen atoms in total. The van der Waals surface area contributed by atoms with Gasteiger partial charge in [-0.3, -0.25) is 0 Å². The third-order valence-electron chi connectivity index (χ3n) is 14.0. The Morgan fingerprint density at radius 3 is 1.49 bits per heavy atom. The van der Waals surface area contributed by atoms with E-state index in [1.165, 1.54) is 66.4 Å². The average Bonchev–Trinajstić information content (AvgIpc) is 3.93. The summed E-state index contributed by atoms with van der Waals surface area (Å²) in [4.78, 5) is 2.39. The smallest absolute Gasteiger partial charge is 0.135 e. The Balaban J connectivity index is 0.956. The highest BCUT2D eigenvalue weighted by molar-refractivity contribution is 6.08. The van der Waals surface area contributed by atoms with Crippen LogP contribution in [0.25, 0.3) is 77.2 Å². The number of fused-ring (bicyclic) bond motifs is 7. The van der Waals surface area contributed by atoms with Crippen molar-refractivity contribution in [3.63, 3.8) is 0 Å². The molecule has 1 aliphatic carbocycles. The predicted molar refractivity (Wildman–Crippen MR) is 280 cm³/mol. The minimum atomic E-state index is -0.487. The SMILES string of the molecule is c1ccc(-c2ccc3c(c2)-c2cc(-c4cccc5c(N(c6ccccc6)c6ccc(-c7ccc8oc9ccccc9c8c7)cc6)cccc45)ccc2C3(c2ccccc2)c2ccccc2)cc1. The van der Waals surface area contributed by atoms with Crippen LogP contribution in [0.2, 0.25) is 0 Å². The van der Waals surface area contributed by atoms with Crippen LogP contribution in [0.1, 0.15) is 22.3 Å². The van der Waals surface area contributed by atoms with Gasteiger partial charge >= 0.3 is 0 Å². The molecule has 12 aromatic rings. The first kappa shape index (κ1) is 38.7. The average molecular weight is 854 g/mol. The van der Waals surface area contributed by atoms with Gasteiger partial charge < -0.3 is 9.32 Å². The Bertz CT molecular complexity index is 3740. The quantitative estimate of drug-likeness (QED) is 0.151. The minimum Gasteiger partial charge on any atom is -0.456 e. The lowest BCUT2D eigenvalue weighted by Gasteiger charge is -2.34. The number of para-hydroxylation sites is 2. The summed E-state index contributed by atoms with van der Waals surface area (Å²) in [6.07, 6.45) is 0. The van der Waals surface area contributed by atoms with Crippen molar-refractivity contribution >= 4 is 49.8 Å². The van der Waals surface area contributed by atoms with Crippen LogP contribution < -0.4 is 4.90 Å². The van der Waals surface area contributed by atoms with E-state index in [1.807, 2.05) is 12.1 Å². The van der Waals surface area contributed by atoms with E-state index in [2.05, 4.69) is 254 Å². The van der Waals surface area contributed by atoms with Gasteiger partial charge in [0, 0.05) is 27.5 Å². The van der Waals surface area contributed by atoms with Crippen LogP contribution in [0, 0.1) is 0 Å². The second-order valence-electron chi connectivity index (χ2n) is 17.6. The Morgan fingerprint density at radius 1 is 0.284 bits per heavy atom. The molecule has 2 heteroatoms. The summed E-state index contributed by atoms with van der Waals surface area (Å²) in [6.45, 7) is 0. The number of nitrogens with zero attached hydrogens (tertiary/aromatic N) is 1. The van der Waals surface area contributed by atoms with Gasteiger partial charge in [-0.15, -0.1) is 0 Å². The normalized spacial score (nSPS) is 12.6. The highest BCUT2D eigenvalue weighted by atomic mass is 16.3.